The smallest absolute Gasteiger partial charge is 0.305 e. The molecule has 0 aliphatic rings. The molecule has 25 heavy (non-hydrogen) atoms. The third kappa shape index (κ3) is 7.79. The summed E-state index contributed by atoms with van der Waals surface area (Å²) in [5, 5.41) is 0. The van der Waals surface area contributed by atoms with Crippen molar-refractivity contribution in [3.8, 4) is 0 Å². The molecule has 2 rings (SSSR count). The molecule has 0 unspecified atom stereocenters. The predicted molar refractivity (Wildman–Crippen MR) is 102 cm³/mol. The van der Waals surface area contributed by atoms with Gasteiger partial charge in [0.1, 0.15) is 0 Å². The molecule has 0 aliphatic heterocycles. The SMILES string of the molecule is COC(=O)CCCC(=O)c1cc(C)ccc1C.Cc1ccc(C)cc1. The summed E-state index contributed by atoms with van der Waals surface area (Å²) in [5.74, 6) is -0.172. The average Bonchev–Trinajstić information content (AvgIpc) is 2.59. The molecule has 2 aromatic carbocycles. The van der Waals surface area contributed by atoms with E-state index in [0.29, 0.717) is 19.3 Å². The summed E-state index contributed by atoms with van der Waals surface area (Å²) in [6.07, 6.45) is 1.23. The van der Waals surface area contributed by atoms with E-state index in [-0.39, 0.29) is 11.8 Å². The Morgan fingerprint density at radius 1 is 0.800 bits per heavy atom. The van der Waals surface area contributed by atoms with E-state index in [0.717, 1.165) is 16.7 Å². The van der Waals surface area contributed by atoms with Crippen LogP contribution in [-0.2, 0) is 9.53 Å². The lowest BCUT2D eigenvalue weighted by Crippen LogP contribution is -2.05. The van der Waals surface area contributed by atoms with Gasteiger partial charge in [-0.05, 0) is 45.7 Å². The number of ether oxygens (including phenoxy) is 1. The van der Waals surface area contributed by atoms with Crippen molar-refractivity contribution in [1.82, 2.24) is 0 Å². The van der Waals surface area contributed by atoms with Crippen molar-refractivity contribution in [2.45, 2.75) is 47.0 Å². The molecular weight excluding hydrogens is 312 g/mol. The average molecular weight is 340 g/mol. The van der Waals surface area contributed by atoms with Gasteiger partial charge in [-0.15, -0.1) is 0 Å². The lowest BCUT2D eigenvalue weighted by Gasteiger charge is -2.05. The minimum atomic E-state index is -0.265. The van der Waals surface area contributed by atoms with Crippen LogP contribution in [-0.4, -0.2) is 18.9 Å². The van der Waals surface area contributed by atoms with E-state index in [4.69, 9.17) is 0 Å². The van der Waals surface area contributed by atoms with Crippen LogP contribution in [0.1, 0.15) is 51.9 Å². The van der Waals surface area contributed by atoms with E-state index in [2.05, 4.69) is 42.8 Å². The van der Waals surface area contributed by atoms with Crippen LogP contribution in [0.2, 0.25) is 0 Å². The van der Waals surface area contributed by atoms with E-state index < -0.39 is 0 Å². The molecule has 2 aromatic rings. The zero-order chi connectivity index (χ0) is 18.8. The fraction of sp³-hybridized carbons (Fsp3) is 0.364. The zero-order valence-electron chi connectivity index (χ0n) is 15.9. The summed E-state index contributed by atoms with van der Waals surface area (Å²) >= 11 is 0. The van der Waals surface area contributed by atoms with Crippen LogP contribution >= 0.6 is 0 Å². The van der Waals surface area contributed by atoms with Gasteiger partial charge in [-0.25, -0.2) is 0 Å². The Labute approximate surface area is 151 Å². The van der Waals surface area contributed by atoms with Gasteiger partial charge in [-0.1, -0.05) is 53.1 Å². The number of ketones is 1. The molecule has 0 bridgehead atoms. The summed E-state index contributed by atoms with van der Waals surface area (Å²) in [4.78, 5) is 22.9. The number of carbonyl (C=O) groups is 2. The number of carbonyl (C=O) groups excluding carboxylic acids is 2. The third-order valence-corrected chi connectivity index (χ3v) is 3.92. The molecule has 0 amide bonds. The van der Waals surface area contributed by atoms with Gasteiger partial charge in [0.15, 0.2) is 5.78 Å². The van der Waals surface area contributed by atoms with Gasteiger partial charge in [-0.3, -0.25) is 9.59 Å². The van der Waals surface area contributed by atoms with Crippen LogP contribution in [0, 0.1) is 27.7 Å². The molecule has 0 radical (unpaired) electrons. The molecule has 0 N–H and O–H groups in total. The summed E-state index contributed by atoms with van der Waals surface area (Å²) in [6.45, 7) is 8.08. The largest absolute Gasteiger partial charge is 0.469 e. The molecule has 3 heteroatoms. The van der Waals surface area contributed by atoms with Gasteiger partial charge < -0.3 is 4.74 Å². The lowest BCUT2D eigenvalue weighted by atomic mass is 9.99. The van der Waals surface area contributed by atoms with Gasteiger partial charge in [0.05, 0.1) is 7.11 Å². The molecular formula is C22H28O3. The van der Waals surface area contributed by atoms with Crippen LogP contribution in [0.25, 0.3) is 0 Å². The van der Waals surface area contributed by atoms with Crippen molar-refractivity contribution in [2.75, 3.05) is 7.11 Å². The number of benzene rings is 2. The molecule has 0 aromatic heterocycles. The number of hydrogen-bond donors (Lipinski definition) is 0. The van der Waals surface area contributed by atoms with E-state index in [1.54, 1.807) is 0 Å². The third-order valence-electron chi connectivity index (χ3n) is 3.92. The maximum absolute atomic E-state index is 11.9. The first kappa shape index (κ1) is 20.6. The second-order valence-corrected chi connectivity index (χ2v) is 6.33. The van der Waals surface area contributed by atoms with E-state index in [9.17, 15) is 9.59 Å². The van der Waals surface area contributed by atoms with Gasteiger partial charge in [-0.2, -0.15) is 0 Å². The Balaban J connectivity index is 0.000000324. The van der Waals surface area contributed by atoms with Gasteiger partial charge in [0, 0.05) is 18.4 Å². The number of rotatable bonds is 5. The Morgan fingerprint density at radius 3 is 1.84 bits per heavy atom. The van der Waals surface area contributed by atoms with Gasteiger partial charge >= 0.3 is 5.97 Å². The Bertz CT molecular complexity index is 679. The maximum Gasteiger partial charge on any atom is 0.305 e. The number of aryl methyl sites for hydroxylation is 4. The molecule has 0 heterocycles. The van der Waals surface area contributed by atoms with Crippen LogP contribution in [0.3, 0.4) is 0 Å². The minimum absolute atomic E-state index is 0.0927. The first-order valence-corrected chi connectivity index (χ1v) is 8.54. The molecule has 3 nitrogen and oxygen atoms in total. The first-order valence-electron chi connectivity index (χ1n) is 8.54. The predicted octanol–water partition coefficient (Wildman–Crippen LogP) is 5.13. The van der Waals surface area contributed by atoms with E-state index in [1.165, 1.54) is 18.2 Å². The molecule has 0 spiro atoms. The van der Waals surface area contributed by atoms with Crippen molar-refractivity contribution in [3.63, 3.8) is 0 Å². The van der Waals surface area contributed by atoms with Crippen molar-refractivity contribution in [2.24, 2.45) is 0 Å². The highest BCUT2D eigenvalue weighted by atomic mass is 16.5. The summed E-state index contributed by atoms with van der Waals surface area (Å²) in [6, 6.07) is 14.3. The highest BCUT2D eigenvalue weighted by Crippen LogP contribution is 2.14. The van der Waals surface area contributed by atoms with Crippen molar-refractivity contribution >= 4 is 11.8 Å². The highest BCUT2D eigenvalue weighted by molar-refractivity contribution is 5.97. The standard InChI is InChI=1S/C14H18O3.C8H10/c1-10-7-8-11(2)12(9-10)13(15)5-4-6-14(16)17-3;1-7-3-5-8(2)6-4-7/h7-9H,4-6H2,1-3H3;3-6H,1-2H3. The van der Waals surface area contributed by atoms with Crippen molar-refractivity contribution in [3.05, 3.63) is 70.3 Å². The number of methoxy groups -OCH3 is 1. The molecule has 0 saturated carbocycles. The molecule has 0 fully saturated rings. The first-order chi connectivity index (χ1) is 11.8. The quantitative estimate of drug-likeness (QED) is 0.559. The van der Waals surface area contributed by atoms with Crippen LogP contribution in [0.15, 0.2) is 42.5 Å². The van der Waals surface area contributed by atoms with E-state index >= 15 is 0 Å². The maximum atomic E-state index is 11.9. The number of Topliss-reactive ketones (excluding diaryl/α,β-unsaturated/α-hetero) is 1. The second-order valence-electron chi connectivity index (χ2n) is 6.33. The van der Waals surface area contributed by atoms with Gasteiger partial charge in [0.25, 0.3) is 0 Å². The van der Waals surface area contributed by atoms with Gasteiger partial charge in [0.2, 0.25) is 0 Å². The fourth-order valence-corrected chi connectivity index (χ4v) is 2.30. The van der Waals surface area contributed by atoms with Crippen LogP contribution in [0.5, 0.6) is 0 Å². The number of hydrogen-bond acceptors (Lipinski definition) is 3. The highest BCUT2D eigenvalue weighted by Gasteiger charge is 2.10. The topological polar surface area (TPSA) is 43.4 Å². The zero-order valence-corrected chi connectivity index (χ0v) is 15.9. The van der Waals surface area contributed by atoms with Crippen LogP contribution < -0.4 is 0 Å². The number of esters is 1. The fourth-order valence-electron chi connectivity index (χ4n) is 2.30. The second kappa shape index (κ2) is 10.4. The van der Waals surface area contributed by atoms with Crippen molar-refractivity contribution in [1.29, 1.82) is 0 Å². The van der Waals surface area contributed by atoms with E-state index in [1.807, 2.05) is 32.0 Å². The summed E-state index contributed by atoms with van der Waals surface area (Å²) in [5.41, 5.74) is 5.48. The molecule has 0 saturated heterocycles. The molecule has 0 aliphatic carbocycles. The lowest BCUT2D eigenvalue weighted by molar-refractivity contribution is -0.140. The Morgan fingerprint density at radius 2 is 1.32 bits per heavy atom. The monoisotopic (exact) mass is 340 g/mol. The summed E-state index contributed by atoms with van der Waals surface area (Å²) in [7, 11) is 1.36. The normalized spacial score (nSPS) is 9.80. The Kier molecular flexibility index (Phi) is 8.62. The molecule has 134 valence electrons. The summed E-state index contributed by atoms with van der Waals surface area (Å²) < 4.78 is 4.53. The van der Waals surface area contributed by atoms with Crippen LogP contribution in [0.4, 0.5) is 0 Å². The Hall–Kier alpha value is -2.42. The minimum Gasteiger partial charge on any atom is -0.469 e. The molecule has 0 atom stereocenters. The van der Waals surface area contributed by atoms with Crippen molar-refractivity contribution < 1.29 is 14.3 Å².